The Morgan fingerprint density at radius 2 is 2.22 bits per heavy atom. The highest BCUT2D eigenvalue weighted by Gasteiger charge is 2.29. The van der Waals surface area contributed by atoms with E-state index in [-0.39, 0.29) is 12.6 Å². The van der Waals surface area contributed by atoms with Crippen LogP contribution in [0.25, 0.3) is 0 Å². The van der Waals surface area contributed by atoms with Crippen LogP contribution in [-0.2, 0) is 4.79 Å². The summed E-state index contributed by atoms with van der Waals surface area (Å²) in [6, 6.07) is 2.11. The average molecular weight is 251 g/mol. The van der Waals surface area contributed by atoms with Crippen molar-refractivity contribution in [3.8, 4) is 0 Å². The molecule has 1 heterocycles. The van der Waals surface area contributed by atoms with Gasteiger partial charge in [0.05, 0.1) is 6.54 Å². The molecule has 4 nitrogen and oxygen atoms in total. The van der Waals surface area contributed by atoms with Gasteiger partial charge in [0, 0.05) is 18.2 Å². The number of aliphatic carboxylic acids is 1. The first-order chi connectivity index (χ1) is 8.47. The highest BCUT2D eigenvalue weighted by Crippen LogP contribution is 2.33. The van der Waals surface area contributed by atoms with Gasteiger partial charge in [-0.15, -0.1) is 0 Å². The van der Waals surface area contributed by atoms with Crippen LogP contribution in [-0.4, -0.2) is 29.1 Å². The lowest BCUT2D eigenvalue weighted by Crippen LogP contribution is -2.34. The maximum Gasteiger partial charge on any atom is 0.317 e. The van der Waals surface area contributed by atoms with Gasteiger partial charge in [-0.05, 0) is 45.6 Å². The Bertz CT molecular complexity index is 434. The van der Waals surface area contributed by atoms with Crippen molar-refractivity contribution in [3.05, 3.63) is 23.2 Å². The molecule has 0 aliphatic heterocycles. The van der Waals surface area contributed by atoms with Crippen LogP contribution in [0.5, 0.6) is 0 Å². The van der Waals surface area contributed by atoms with Crippen LogP contribution in [0.15, 0.2) is 10.5 Å². The molecule has 0 radical (unpaired) electrons. The van der Waals surface area contributed by atoms with Crippen LogP contribution in [0.1, 0.15) is 42.9 Å². The van der Waals surface area contributed by atoms with E-state index >= 15 is 0 Å². The summed E-state index contributed by atoms with van der Waals surface area (Å²) < 4.78 is 5.54. The smallest absolute Gasteiger partial charge is 0.317 e. The minimum absolute atomic E-state index is 0.0964. The number of carboxylic acids is 1. The van der Waals surface area contributed by atoms with Gasteiger partial charge in [-0.3, -0.25) is 9.69 Å². The molecule has 1 aromatic heterocycles. The standard InChI is InChI=1S/C14H21NO3/c1-9-6-13(11(3)18-9)10(2)15(8-14(16)17)7-12-4-5-12/h6,10,12H,4-5,7-8H2,1-3H3,(H,16,17). The molecular formula is C14H21NO3. The SMILES string of the molecule is Cc1cc(C(C)N(CC(=O)O)CC2CC2)c(C)o1. The Balaban J connectivity index is 2.12. The van der Waals surface area contributed by atoms with Crippen molar-refractivity contribution >= 4 is 5.97 Å². The maximum atomic E-state index is 11.0. The molecular weight excluding hydrogens is 230 g/mol. The zero-order valence-corrected chi connectivity index (χ0v) is 11.3. The van der Waals surface area contributed by atoms with Crippen LogP contribution >= 0.6 is 0 Å². The van der Waals surface area contributed by atoms with Crippen molar-refractivity contribution in [3.63, 3.8) is 0 Å². The topological polar surface area (TPSA) is 53.7 Å². The summed E-state index contributed by atoms with van der Waals surface area (Å²) in [6.07, 6.45) is 2.46. The van der Waals surface area contributed by atoms with Gasteiger partial charge in [0.2, 0.25) is 0 Å². The molecule has 1 saturated carbocycles. The van der Waals surface area contributed by atoms with E-state index in [0.717, 1.165) is 23.6 Å². The summed E-state index contributed by atoms with van der Waals surface area (Å²) in [5.74, 6) is 1.70. The summed E-state index contributed by atoms with van der Waals surface area (Å²) in [5.41, 5.74) is 1.11. The molecule has 2 rings (SSSR count). The Morgan fingerprint density at radius 1 is 1.56 bits per heavy atom. The monoisotopic (exact) mass is 251 g/mol. The Morgan fingerprint density at radius 3 is 2.67 bits per heavy atom. The van der Waals surface area contributed by atoms with Crippen molar-refractivity contribution in [1.82, 2.24) is 4.90 Å². The molecule has 0 amide bonds. The largest absolute Gasteiger partial charge is 0.480 e. The van der Waals surface area contributed by atoms with Gasteiger partial charge < -0.3 is 9.52 Å². The maximum absolute atomic E-state index is 11.0. The second kappa shape index (κ2) is 5.14. The molecule has 1 aliphatic carbocycles. The molecule has 1 unspecified atom stereocenters. The second-order valence-electron chi connectivity index (χ2n) is 5.31. The van der Waals surface area contributed by atoms with Crippen LogP contribution in [0.3, 0.4) is 0 Å². The fraction of sp³-hybridized carbons (Fsp3) is 0.643. The Kier molecular flexibility index (Phi) is 3.76. The summed E-state index contributed by atoms with van der Waals surface area (Å²) in [5, 5.41) is 9.02. The van der Waals surface area contributed by atoms with E-state index in [1.54, 1.807) is 0 Å². The minimum atomic E-state index is -0.764. The zero-order chi connectivity index (χ0) is 13.3. The van der Waals surface area contributed by atoms with E-state index in [0.29, 0.717) is 5.92 Å². The lowest BCUT2D eigenvalue weighted by Gasteiger charge is -2.27. The van der Waals surface area contributed by atoms with Crippen molar-refractivity contribution < 1.29 is 14.3 Å². The number of carboxylic acid groups (broad SMARTS) is 1. The number of furan rings is 1. The highest BCUT2D eigenvalue weighted by atomic mass is 16.4. The summed E-state index contributed by atoms with van der Waals surface area (Å²) >= 11 is 0. The highest BCUT2D eigenvalue weighted by molar-refractivity contribution is 5.69. The van der Waals surface area contributed by atoms with Gasteiger partial charge >= 0.3 is 5.97 Å². The van der Waals surface area contributed by atoms with E-state index < -0.39 is 5.97 Å². The Labute approximate surface area is 108 Å². The normalized spacial score (nSPS) is 17.1. The van der Waals surface area contributed by atoms with E-state index in [1.807, 2.05) is 24.8 Å². The fourth-order valence-corrected chi connectivity index (χ4v) is 2.43. The van der Waals surface area contributed by atoms with Gasteiger partial charge in [0.25, 0.3) is 0 Å². The van der Waals surface area contributed by atoms with E-state index in [4.69, 9.17) is 9.52 Å². The molecule has 0 bridgehead atoms. The van der Waals surface area contributed by atoms with Gasteiger partial charge in [0.15, 0.2) is 0 Å². The molecule has 1 aromatic rings. The summed E-state index contributed by atoms with van der Waals surface area (Å²) in [6.45, 7) is 6.89. The van der Waals surface area contributed by atoms with Crippen molar-refractivity contribution in [2.24, 2.45) is 5.92 Å². The second-order valence-corrected chi connectivity index (χ2v) is 5.31. The number of nitrogens with zero attached hydrogens (tertiary/aromatic N) is 1. The van der Waals surface area contributed by atoms with Crippen molar-refractivity contribution in [1.29, 1.82) is 0 Å². The average Bonchev–Trinajstić information content (AvgIpc) is 3.01. The number of aryl methyl sites for hydroxylation is 2. The molecule has 0 aromatic carbocycles. The first-order valence-electron chi connectivity index (χ1n) is 6.50. The molecule has 100 valence electrons. The minimum Gasteiger partial charge on any atom is -0.480 e. The van der Waals surface area contributed by atoms with E-state index in [2.05, 4.69) is 6.92 Å². The third-order valence-electron chi connectivity index (χ3n) is 3.61. The summed E-state index contributed by atoms with van der Waals surface area (Å²) in [7, 11) is 0. The third kappa shape index (κ3) is 3.13. The Hall–Kier alpha value is -1.29. The predicted octanol–water partition coefficient (Wildman–Crippen LogP) is 2.75. The molecule has 1 atom stereocenters. The first kappa shape index (κ1) is 13.1. The van der Waals surface area contributed by atoms with E-state index in [1.165, 1.54) is 12.8 Å². The first-order valence-corrected chi connectivity index (χ1v) is 6.50. The number of hydrogen-bond acceptors (Lipinski definition) is 3. The molecule has 1 aliphatic rings. The van der Waals surface area contributed by atoms with Crippen LogP contribution < -0.4 is 0 Å². The zero-order valence-electron chi connectivity index (χ0n) is 11.3. The molecule has 1 fully saturated rings. The predicted molar refractivity (Wildman–Crippen MR) is 68.5 cm³/mol. The van der Waals surface area contributed by atoms with Crippen LogP contribution in [0.4, 0.5) is 0 Å². The van der Waals surface area contributed by atoms with E-state index in [9.17, 15) is 4.79 Å². The van der Waals surface area contributed by atoms with Gasteiger partial charge in [-0.2, -0.15) is 0 Å². The molecule has 18 heavy (non-hydrogen) atoms. The molecule has 0 spiro atoms. The van der Waals surface area contributed by atoms with Gasteiger partial charge in [-0.1, -0.05) is 0 Å². The van der Waals surface area contributed by atoms with Crippen molar-refractivity contribution in [2.45, 2.75) is 39.7 Å². The van der Waals surface area contributed by atoms with Crippen LogP contribution in [0.2, 0.25) is 0 Å². The molecule has 4 heteroatoms. The van der Waals surface area contributed by atoms with Gasteiger partial charge in [-0.25, -0.2) is 0 Å². The van der Waals surface area contributed by atoms with Crippen LogP contribution in [0, 0.1) is 19.8 Å². The number of rotatable bonds is 6. The fourth-order valence-electron chi connectivity index (χ4n) is 2.43. The number of hydrogen-bond donors (Lipinski definition) is 1. The third-order valence-corrected chi connectivity index (χ3v) is 3.61. The molecule has 1 N–H and O–H groups in total. The number of carbonyl (C=O) groups is 1. The quantitative estimate of drug-likeness (QED) is 0.844. The van der Waals surface area contributed by atoms with Gasteiger partial charge in [0.1, 0.15) is 11.5 Å². The lowest BCUT2D eigenvalue weighted by molar-refractivity contribution is -0.139. The van der Waals surface area contributed by atoms with Crippen molar-refractivity contribution in [2.75, 3.05) is 13.1 Å². The molecule has 0 saturated heterocycles. The summed E-state index contributed by atoms with van der Waals surface area (Å²) in [4.78, 5) is 13.0. The lowest BCUT2D eigenvalue weighted by atomic mass is 10.1.